The van der Waals surface area contributed by atoms with Crippen LogP contribution in [0, 0.1) is 0 Å². The van der Waals surface area contributed by atoms with E-state index in [0.717, 1.165) is 48.0 Å². The summed E-state index contributed by atoms with van der Waals surface area (Å²) in [6.45, 7) is 7.69. The summed E-state index contributed by atoms with van der Waals surface area (Å²) in [4.78, 5) is 18.6. The summed E-state index contributed by atoms with van der Waals surface area (Å²) >= 11 is 0. The molecule has 2 heterocycles. The summed E-state index contributed by atoms with van der Waals surface area (Å²) in [6, 6.07) is 12.7. The van der Waals surface area contributed by atoms with Crippen LogP contribution in [0.1, 0.15) is 74.3 Å². The molecule has 1 saturated carbocycles. The van der Waals surface area contributed by atoms with Crippen LogP contribution in [0.15, 0.2) is 40.9 Å². The van der Waals surface area contributed by atoms with Gasteiger partial charge in [-0.15, -0.1) is 0 Å². The molecule has 0 spiro atoms. The molecule has 0 saturated heterocycles. The van der Waals surface area contributed by atoms with E-state index in [1.54, 1.807) is 0 Å². The van der Waals surface area contributed by atoms with Gasteiger partial charge >= 0.3 is 0 Å². The number of aromatic amines is 1. The van der Waals surface area contributed by atoms with Gasteiger partial charge < -0.3 is 19.7 Å². The van der Waals surface area contributed by atoms with Gasteiger partial charge in [0.2, 0.25) is 0 Å². The van der Waals surface area contributed by atoms with Crippen LogP contribution in [0.4, 0.5) is 0 Å². The highest BCUT2D eigenvalue weighted by Crippen LogP contribution is 2.26. The van der Waals surface area contributed by atoms with Crippen molar-refractivity contribution in [3.8, 4) is 0 Å². The first-order chi connectivity index (χ1) is 14.5. The summed E-state index contributed by atoms with van der Waals surface area (Å²) in [5, 5.41) is 8.84. The molecule has 0 bridgehead atoms. The lowest BCUT2D eigenvalue weighted by Crippen LogP contribution is -2.46. The standard InChI is InChI=1S/C24H32N4O2/c1-4-28(24(29)23-12-17-8-5-6-11-21(17)26-23)19-10-7-9-18(13-19)25-15-20-14-22(16(2)3)27-30-20/h5-6,8,11-12,14,16,18-19,25-26H,4,7,9-10,13,15H2,1-3H3/t18-,19+/m1/s1. The van der Waals surface area contributed by atoms with E-state index in [1.807, 2.05) is 41.3 Å². The number of aromatic nitrogens is 2. The van der Waals surface area contributed by atoms with Crippen LogP contribution in [0.3, 0.4) is 0 Å². The minimum absolute atomic E-state index is 0.0937. The van der Waals surface area contributed by atoms with Gasteiger partial charge in [-0.05, 0) is 50.7 Å². The highest BCUT2D eigenvalue weighted by Gasteiger charge is 2.30. The molecule has 1 aromatic carbocycles. The number of hydrogen-bond donors (Lipinski definition) is 2. The fourth-order valence-corrected chi connectivity index (χ4v) is 4.47. The second-order valence-electron chi connectivity index (χ2n) is 8.63. The maximum absolute atomic E-state index is 13.2. The quantitative estimate of drug-likeness (QED) is 0.586. The van der Waals surface area contributed by atoms with Gasteiger partial charge in [0.25, 0.3) is 5.91 Å². The van der Waals surface area contributed by atoms with E-state index >= 15 is 0 Å². The summed E-state index contributed by atoms with van der Waals surface area (Å²) < 4.78 is 5.46. The maximum Gasteiger partial charge on any atom is 0.270 e. The van der Waals surface area contributed by atoms with Gasteiger partial charge in [0.1, 0.15) is 5.69 Å². The zero-order valence-electron chi connectivity index (χ0n) is 18.1. The predicted molar refractivity (Wildman–Crippen MR) is 118 cm³/mol. The highest BCUT2D eigenvalue weighted by molar-refractivity contribution is 5.98. The van der Waals surface area contributed by atoms with E-state index in [2.05, 4.69) is 36.2 Å². The Kier molecular flexibility index (Phi) is 6.23. The average molecular weight is 409 g/mol. The Bertz CT molecular complexity index is 957. The SMILES string of the molecule is CCN(C(=O)c1cc2ccccc2[nH]1)[C@H]1CCC[C@@H](NCc2cc(C(C)C)no2)C1. The van der Waals surface area contributed by atoms with Crippen molar-refractivity contribution in [2.24, 2.45) is 0 Å². The lowest BCUT2D eigenvalue weighted by Gasteiger charge is -2.37. The van der Waals surface area contributed by atoms with E-state index in [0.29, 0.717) is 30.7 Å². The van der Waals surface area contributed by atoms with Crippen molar-refractivity contribution in [2.75, 3.05) is 6.54 Å². The third-order valence-corrected chi connectivity index (χ3v) is 6.18. The number of fused-ring (bicyclic) bond motifs is 1. The first-order valence-corrected chi connectivity index (χ1v) is 11.1. The van der Waals surface area contributed by atoms with Crippen molar-refractivity contribution in [3.05, 3.63) is 53.5 Å². The Hall–Kier alpha value is -2.60. The molecule has 2 aromatic heterocycles. The Morgan fingerprint density at radius 2 is 2.13 bits per heavy atom. The molecule has 160 valence electrons. The molecule has 0 radical (unpaired) electrons. The number of para-hydroxylation sites is 1. The van der Waals surface area contributed by atoms with Crippen molar-refractivity contribution < 1.29 is 9.32 Å². The Morgan fingerprint density at radius 1 is 1.30 bits per heavy atom. The first-order valence-electron chi connectivity index (χ1n) is 11.1. The number of nitrogens with one attached hydrogen (secondary N) is 2. The Balaban J connectivity index is 1.39. The summed E-state index contributed by atoms with van der Waals surface area (Å²) in [6.07, 6.45) is 4.26. The monoisotopic (exact) mass is 408 g/mol. The van der Waals surface area contributed by atoms with E-state index in [-0.39, 0.29) is 11.9 Å². The van der Waals surface area contributed by atoms with Gasteiger partial charge in [-0.1, -0.05) is 37.2 Å². The maximum atomic E-state index is 13.2. The molecule has 6 heteroatoms. The zero-order valence-corrected chi connectivity index (χ0v) is 18.1. The van der Waals surface area contributed by atoms with Crippen LogP contribution in [-0.4, -0.2) is 39.6 Å². The van der Waals surface area contributed by atoms with Crippen molar-refractivity contribution in [1.82, 2.24) is 20.4 Å². The molecule has 1 amide bonds. The minimum atomic E-state index is 0.0937. The smallest absolute Gasteiger partial charge is 0.270 e. The number of H-pyrrole nitrogens is 1. The van der Waals surface area contributed by atoms with Crippen LogP contribution >= 0.6 is 0 Å². The topological polar surface area (TPSA) is 74.2 Å². The van der Waals surface area contributed by atoms with Crippen molar-refractivity contribution in [3.63, 3.8) is 0 Å². The van der Waals surface area contributed by atoms with Gasteiger partial charge in [-0.3, -0.25) is 4.79 Å². The number of rotatable bonds is 7. The third kappa shape index (κ3) is 4.43. The number of benzene rings is 1. The first kappa shape index (κ1) is 20.7. The third-order valence-electron chi connectivity index (χ3n) is 6.18. The number of hydrogen-bond acceptors (Lipinski definition) is 4. The number of carbonyl (C=O) groups excluding carboxylic acids is 1. The van der Waals surface area contributed by atoms with Gasteiger partial charge in [0, 0.05) is 35.6 Å². The largest absolute Gasteiger partial charge is 0.360 e. The van der Waals surface area contributed by atoms with E-state index in [4.69, 9.17) is 4.52 Å². The van der Waals surface area contributed by atoms with Gasteiger partial charge in [-0.25, -0.2) is 0 Å². The lowest BCUT2D eigenvalue weighted by atomic mass is 9.89. The minimum Gasteiger partial charge on any atom is -0.360 e. The normalized spacial score (nSPS) is 19.5. The fourth-order valence-electron chi connectivity index (χ4n) is 4.47. The molecular formula is C24H32N4O2. The molecule has 1 aliphatic carbocycles. The molecular weight excluding hydrogens is 376 g/mol. The summed E-state index contributed by atoms with van der Waals surface area (Å²) in [5.41, 5.74) is 2.68. The molecule has 0 unspecified atom stereocenters. The Labute approximate surface area is 178 Å². The van der Waals surface area contributed by atoms with Gasteiger partial charge in [0.15, 0.2) is 5.76 Å². The number of nitrogens with zero attached hydrogens (tertiary/aromatic N) is 2. The van der Waals surface area contributed by atoms with Crippen molar-refractivity contribution in [1.29, 1.82) is 0 Å². The predicted octanol–water partition coefficient (Wildman–Crippen LogP) is 4.84. The van der Waals surface area contributed by atoms with Gasteiger partial charge in [-0.2, -0.15) is 0 Å². The second-order valence-corrected chi connectivity index (χ2v) is 8.63. The molecule has 4 rings (SSSR count). The van der Waals surface area contributed by atoms with E-state index in [9.17, 15) is 4.79 Å². The number of amides is 1. The number of carbonyl (C=O) groups is 1. The van der Waals surface area contributed by atoms with Crippen LogP contribution in [-0.2, 0) is 6.54 Å². The summed E-state index contributed by atoms with van der Waals surface area (Å²) in [5.74, 6) is 1.34. The van der Waals surface area contributed by atoms with Gasteiger partial charge in [0.05, 0.1) is 12.2 Å². The second kappa shape index (κ2) is 9.04. The molecule has 3 aromatic rings. The highest BCUT2D eigenvalue weighted by atomic mass is 16.5. The van der Waals surface area contributed by atoms with Crippen molar-refractivity contribution in [2.45, 2.75) is 71.0 Å². The van der Waals surface area contributed by atoms with E-state index < -0.39 is 0 Å². The van der Waals surface area contributed by atoms with Crippen LogP contribution in [0.5, 0.6) is 0 Å². The average Bonchev–Trinajstić information content (AvgIpc) is 3.40. The molecule has 0 aliphatic heterocycles. The Morgan fingerprint density at radius 3 is 2.87 bits per heavy atom. The van der Waals surface area contributed by atoms with Crippen LogP contribution in [0.2, 0.25) is 0 Å². The molecule has 6 nitrogen and oxygen atoms in total. The molecule has 2 N–H and O–H groups in total. The molecule has 1 aliphatic rings. The van der Waals surface area contributed by atoms with Crippen LogP contribution < -0.4 is 5.32 Å². The zero-order chi connectivity index (χ0) is 21.1. The molecule has 1 fully saturated rings. The van der Waals surface area contributed by atoms with Crippen LogP contribution in [0.25, 0.3) is 10.9 Å². The lowest BCUT2D eigenvalue weighted by molar-refractivity contribution is 0.0622. The fraction of sp³-hybridized carbons (Fsp3) is 0.500. The molecule has 2 atom stereocenters. The van der Waals surface area contributed by atoms with E-state index in [1.165, 1.54) is 0 Å². The van der Waals surface area contributed by atoms with Crippen molar-refractivity contribution >= 4 is 16.8 Å². The summed E-state index contributed by atoms with van der Waals surface area (Å²) in [7, 11) is 0. The molecule has 30 heavy (non-hydrogen) atoms.